The summed E-state index contributed by atoms with van der Waals surface area (Å²) in [4.78, 5) is 22.3. The molecule has 0 aromatic carbocycles. The number of carboxylic acid groups (broad SMARTS) is 1. The van der Waals surface area contributed by atoms with E-state index in [2.05, 4.69) is 19.2 Å². The van der Waals surface area contributed by atoms with Crippen molar-refractivity contribution in [3.05, 3.63) is 0 Å². The molecule has 1 atom stereocenters. The molecule has 1 unspecified atom stereocenters. The molecule has 0 aliphatic heterocycles. The van der Waals surface area contributed by atoms with Gasteiger partial charge in [0.1, 0.15) is 0 Å². The lowest BCUT2D eigenvalue weighted by Gasteiger charge is -2.21. The van der Waals surface area contributed by atoms with Gasteiger partial charge in [-0.2, -0.15) is 0 Å². The van der Waals surface area contributed by atoms with Gasteiger partial charge in [0.25, 0.3) is 0 Å². The van der Waals surface area contributed by atoms with Crippen LogP contribution in [0.15, 0.2) is 0 Å². The summed E-state index contributed by atoms with van der Waals surface area (Å²) in [5.74, 6) is 0.0145. The van der Waals surface area contributed by atoms with Crippen LogP contribution < -0.4 is 11.1 Å². The smallest absolute Gasteiger partial charge is 0.303 e. The molecule has 0 saturated heterocycles. The average molecular weight is 286 g/mol. The lowest BCUT2D eigenvalue weighted by molar-refractivity contribution is -0.137. The second-order valence-corrected chi connectivity index (χ2v) is 6.56. The second-order valence-electron chi connectivity index (χ2n) is 6.56. The van der Waals surface area contributed by atoms with Crippen LogP contribution in [0.1, 0.15) is 59.8 Å². The number of rotatable bonds is 10. The predicted octanol–water partition coefficient (Wildman–Crippen LogP) is 2.15. The molecule has 0 spiro atoms. The summed E-state index contributed by atoms with van der Waals surface area (Å²) in [5.41, 5.74) is 5.51. The number of nitrogens with one attached hydrogen (secondary N) is 1. The minimum Gasteiger partial charge on any atom is -0.481 e. The van der Waals surface area contributed by atoms with Crippen molar-refractivity contribution in [3.63, 3.8) is 0 Å². The highest BCUT2D eigenvalue weighted by Gasteiger charge is 2.16. The van der Waals surface area contributed by atoms with Crippen molar-refractivity contribution in [2.45, 2.75) is 65.3 Å². The van der Waals surface area contributed by atoms with Crippen molar-refractivity contribution in [1.29, 1.82) is 0 Å². The van der Waals surface area contributed by atoms with Crippen molar-refractivity contribution >= 4 is 11.9 Å². The van der Waals surface area contributed by atoms with Crippen LogP contribution in [-0.4, -0.2) is 29.1 Å². The van der Waals surface area contributed by atoms with E-state index < -0.39 is 5.97 Å². The maximum absolute atomic E-state index is 11.6. The topological polar surface area (TPSA) is 92.4 Å². The van der Waals surface area contributed by atoms with Crippen molar-refractivity contribution < 1.29 is 14.7 Å². The number of carbonyl (C=O) groups excluding carboxylic acids is 1. The number of amides is 1. The third kappa shape index (κ3) is 10.8. The van der Waals surface area contributed by atoms with Crippen LogP contribution in [0.2, 0.25) is 0 Å². The molecule has 0 bridgehead atoms. The number of hydrogen-bond acceptors (Lipinski definition) is 3. The van der Waals surface area contributed by atoms with E-state index in [9.17, 15) is 9.59 Å². The maximum Gasteiger partial charge on any atom is 0.303 e. The van der Waals surface area contributed by atoms with E-state index in [1.807, 2.05) is 13.8 Å². The first kappa shape index (κ1) is 18.9. The van der Waals surface area contributed by atoms with Crippen LogP contribution in [0.25, 0.3) is 0 Å². The van der Waals surface area contributed by atoms with Gasteiger partial charge >= 0.3 is 5.97 Å². The van der Waals surface area contributed by atoms with E-state index in [0.29, 0.717) is 37.6 Å². The highest BCUT2D eigenvalue weighted by atomic mass is 16.4. The lowest BCUT2D eigenvalue weighted by atomic mass is 9.88. The van der Waals surface area contributed by atoms with E-state index in [-0.39, 0.29) is 17.9 Å². The first-order valence-electron chi connectivity index (χ1n) is 7.39. The van der Waals surface area contributed by atoms with E-state index >= 15 is 0 Å². The summed E-state index contributed by atoms with van der Waals surface area (Å²) in [5, 5.41) is 11.6. The quantitative estimate of drug-likeness (QED) is 0.573. The standard InChI is InChI=1S/C15H30N2O3/c1-11(2)12(5-6-14(19)20)8-10-17-13(18)7-9-15(3,4)16/h11-12H,5-10,16H2,1-4H3,(H,17,18)(H,19,20). The monoisotopic (exact) mass is 286 g/mol. The summed E-state index contributed by atoms with van der Waals surface area (Å²) in [6.45, 7) is 8.59. The highest BCUT2D eigenvalue weighted by Crippen LogP contribution is 2.20. The van der Waals surface area contributed by atoms with Crippen LogP contribution >= 0.6 is 0 Å². The van der Waals surface area contributed by atoms with Crippen LogP contribution in [-0.2, 0) is 9.59 Å². The Morgan fingerprint density at radius 3 is 2.25 bits per heavy atom. The lowest BCUT2D eigenvalue weighted by Crippen LogP contribution is -2.35. The molecular weight excluding hydrogens is 256 g/mol. The van der Waals surface area contributed by atoms with Crippen LogP contribution in [0.5, 0.6) is 0 Å². The molecule has 0 heterocycles. The third-order valence-electron chi connectivity index (χ3n) is 3.51. The maximum atomic E-state index is 11.6. The summed E-state index contributed by atoms with van der Waals surface area (Å²) >= 11 is 0. The van der Waals surface area contributed by atoms with Crippen molar-refractivity contribution in [2.75, 3.05) is 6.54 Å². The predicted molar refractivity (Wildman–Crippen MR) is 80.3 cm³/mol. The third-order valence-corrected chi connectivity index (χ3v) is 3.51. The number of aliphatic carboxylic acids is 1. The second kappa shape index (κ2) is 8.95. The van der Waals surface area contributed by atoms with Gasteiger partial charge in [0.2, 0.25) is 5.91 Å². The fourth-order valence-electron chi connectivity index (χ4n) is 2.04. The van der Waals surface area contributed by atoms with Gasteiger partial charge in [0, 0.05) is 24.9 Å². The molecule has 4 N–H and O–H groups in total. The van der Waals surface area contributed by atoms with Gasteiger partial charge in [0.15, 0.2) is 0 Å². The van der Waals surface area contributed by atoms with E-state index in [1.54, 1.807) is 0 Å². The van der Waals surface area contributed by atoms with Crippen molar-refractivity contribution in [3.8, 4) is 0 Å². The van der Waals surface area contributed by atoms with Gasteiger partial charge in [-0.15, -0.1) is 0 Å². The fraction of sp³-hybridized carbons (Fsp3) is 0.867. The molecule has 0 rings (SSSR count). The van der Waals surface area contributed by atoms with Crippen molar-refractivity contribution in [1.82, 2.24) is 5.32 Å². The molecule has 0 saturated carbocycles. The molecule has 0 radical (unpaired) electrons. The minimum absolute atomic E-state index is 0.0178. The Hall–Kier alpha value is -1.10. The van der Waals surface area contributed by atoms with Gasteiger partial charge in [-0.1, -0.05) is 13.8 Å². The Morgan fingerprint density at radius 1 is 1.20 bits per heavy atom. The van der Waals surface area contributed by atoms with Gasteiger partial charge < -0.3 is 16.2 Å². The summed E-state index contributed by atoms with van der Waals surface area (Å²) in [7, 11) is 0. The minimum atomic E-state index is -0.759. The molecule has 1 amide bonds. The first-order valence-corrected chi connectivity index (χ1v) is 7.39. The van der Waals surface area contributed by atoms with E-state index in [0.717, 1.165) is 6.42 Å². The Balaban J connectivity index is 3.93. The van der Waals surface area contributed by atoms with E-state index in [4.69, 9.17) is 10.8 Å². The molecule has 0 aliphatic carbocycles. The molecule has 0 aromatic rings. The molecular formula is C15H30N2O3. The van der Waals surface area contributed by atoms with Gasteiger partial charge in [-0.25, -0.2) is 0 Å². The molecule has 0 aromatic heterocycles. The first-order chi connectivity index (χ1) is 9.11. The normalized spacial score (nSPS) is 13.3. The number of nitrogens with two attached hydrogens (primary N) is 1. The molecule has 118 valence electrons. The fourth-order valence-corrected chi connectivity index (χ4v) is 2.04. The summed E-state index contributed by atoms with van der Waals surface area (Å²) in [6, 6.07) is 0. The molecule has 0 aliphatic rings. The zero-order valence-corrected chi connectivity index (χ0v) is 13.2. The number of hydrogen-bond donors (Lipinski definition) is 3. The average Bonchev–Trinajstić information content (AvgIpc) is 2.29. The van der Waals surface area contributed by atoms with Crippen molar-refractivity contribution in [2.24, 2.45) is 17.6 Å². The zero-order chi connectivity index (χ0) is 15.8. The molecule has 5 heteroatoms. The molecule has 5 nitrogen and oxygen atoms in total. The van der Waals surface area contributed by atoms with Crippen LogP contribution in [0, 0.1) is 11.8 Å². The Bertz CT molecular complexity index is 309. The Morgan fingerprint density at radius 2 is 1.80 bits per heavy atom. The summed E-state index contributed by atoms with van der Waals surface area (Å²) in [6.07, 6.45) is 2.77. The summed E-state index contributed by atoms with van der Waals surface area (Å²) < 4.78 is 0. The zero-order valence-electron chi connectivity index (χ0n) is 13.2. The van der Waals surface area contributed by atoms with Crippen LogP contribution in [0.4, 0.5) is 0 Å². The van der Waals surface area contributed by atoms with Gasteiger partial charge in [-0.05, 0) is 44.9 Å². The molecule has 20 heavy (non-hydrogen) atoms. The van der Waals surface area contributed by atoms with Crippen LogP contribution in [0.3, 0.4) is 0 Å². The highest BCUT2D eigenvalue weighted by molar-refractivity contribution is 5.75. The Labute approximate surface area is 122 Å². The molecule has 0 fully saturated rings. The number of carboxylic acids is 1. The van der Waals surface area contributed by atoms with E-state index in [1.165, 1.54) is 0 Å². The largest absolute Gasteiger partial charge is 0.481 e. The number of carbonyl (C=O) groups is 2. The van der Waals surface area contributed by atoms with Gasteiger partial charge in [-0.3, -0.25) is 9.59 Å². The SMILES string of the molecule is CC(C)C(CCNC(=O)CCC(C)(C)N)CCC(=O)O. The van der Waals surface area contributed by atoms with Gasteiger partial charge in [0.05, 0.1) is 0 Å². The Kier molecular flexibility index (Phi) is 8.46.